The third-order valence-corrected chi connectivity index (χ3v) is 3.06. The first-order chi connectivity index (χ1) is 9.99. The molecule has 5 nitrogen and oxygen atoms in total. The molecule has 5 heteroatoms. The average Bonchev–Trinajstić information content (AvgIpc) is 2.42. The van der Waals surface area contributed by atoms with Gasteiger partial charge in [-0.1, -0.05) is 27.2 Å². The maximum atomic E-state index is 5.41. The van der Waals surface area contributed by atoms with Crippen molar-refractivity contribution in [2.24, 2.45) is 10.4 Å². The molecule has 0 atom stereocenters. The van der Waals surface area contributed by atoms with Crippen molar-refractivity contribution < 1.29 is 9.47 Å². The van der Waals surface area contributed by atoms with Gasteiger partial charge in [-0.25, -0.2) is 0 Å². The molecule has 126 valence electrons. The van der Waals surface area contributed by atoms with E-state index in [2.05, 4.69) is 36.4 Å². The molecular weight excluding hydrogens is 266 g/mol. The molecule has 0 saturated heterocycles. The van der Waals surface area contributed by atoms with Gasteiger partial charge in [-0.2, -0.15) is 0 Å². The highest BCUT2D eigenvalue weighted by atomic mass is 16.5. The van der Waals surface area contributed by atoms with Crippen molar-refractivity contribution in [2.75, 3.05) is 47.1 Å². The van der Waals surface area contributed by atoms with Gasteiger partial charge in [0.15, 0.2) is 5.96 Å². The van der Waals surface area contributed by atoms with Crippen LogP contribution in [0.2, 0.25) is 0 Å². The average molecular weight is 301 g/mol. The van der Waals surface area contributed by atoms with Crippen LogP contribution in [0, 0.1) is 5.41 Å². The van der Waals surface area contributed by atoms with Crippen LogP contribution in [0.5, 0.6) is 0 Å². The molecule has 0 fully saturated rings. The lowest BCUT2D eigenvalue weighted by atomic mass is 9.90. The van der Waals surface area contributed by atoms with Crippen molar-refractivity contribution in [1.82, 2.24) is 10.6 Å². The van der Waals surface area contributed by atoms with Gasteiger partial charge in [-0.05, 0) is 24.7 Å². The highest BCUT2D eigenvalue weighted by molar-refractivity contribution is 5.79. The summed E-state index contributed by atoms with van der Waals surface area (Å²) in [6, 6.07) is 0. The van der Waals surface area contributed by atoms with Gasteiger partial charge in [0.1, 0.15) is 0 Å². The molecule has 0 aliphatic rings. The second-order valence-electron chi connectivity index (χ2n) is 6.40. The minimum atomic E-state index is 0.433. The fourth-order valence-corrected chi connectivity index (χ4v) is 1.83. The van der Waals surface area contributed by atoms with Gasteiger partial charge in [0.25, 0.3) is 0 Å². The second-order valence-corrected chi connectivity index (χ2v) is 6.40. The van der Waals surface area contributed by atoms with E-state index in [4.69, 9.17) is 9.47 Å². The molecule has 0 rings (SSSR count). The fraction of sp³-hybridized carbons (Fsp3) is 0.938. The number of unbranched alkanes of at least 4 members (excludes halogenated alkanes) is 1. The number of nitrogens with zero attached hydrogens (tertiary/aromatic N) is 1. The van der Waals surface area contributed by atoms with Crippen molar-refractivity contribution in [3.05, 3.63) is 0 Å². The zero-order valence-corrected chi connectivity index (χ0v) is 14.6. The first-order valence-corrected chi connectivity index (χ1v) is 8.01. The SMILES string of the molecule is CN=C(NCCCCC(C)(C)C)NCCCOCCOC. The fourth-order valence-electron chi connectivity index (χ4n) is 1.83. The van der Waals surface area contributed by atoms with Gasteiger partial charge < -0.3 is 20.1 Å². The summed E-state index contributed by atoms with van der Waals surface area (Å²) in [5.74, 6) is 0.877. The Bertz CT molecular complexity index is 263. The normalized spacial score (nSPS) is 12.5. The summed E-state index contributed by atoms with van der Waals surface area (Å²) in [6.45, 7) is 10.8. The minimum Gasteiger partial charge on any atom is -0.382 e. The topological polar surface area (TPSA) is 54.9 Å². The molecule has 0 amide bonds. The maximum absolute atomic E-state index is 5.41. The lowest BCUT2D eigenvalue weighted by Gasteiger charge is -2.18. The highest BCUT2D eigenvalue weighted by Gasteiger charge is 2.08. The van der Waals surface area contributed by atoms with Gasteiger partial charge in [-0.3, -0.25) is 4.99 Å². The lowest BCUT2D eigenvalue weighted by Crippen LogP contribution is -2.38. The minimum absolute atomic E-state index is 0.433. The Morgan fingerprint density at radius 1 is 0.952 bits per heavy atom. The molecule has 0 unspecified atom stereocenters. The van der Waals surface area contributed by atoms with Gasteiger partial charge in [0.2, 0.25) is 0 Å². The summed E-state index contributed by atoms with van der Waals surface area (Å²) in [5, 5.41) is 6.64. The highest BCUT2D eigenvalue weighted by Crippen LogP contribution is 2.20. The molecule has 2 N–H and O–H groups in total. The van der Waals surface area contributed by atoms with Crippen LogP contribution in [0.1, 0.15) is 46.5 Å². The molecule has 0 aliphatic carbocycles. The van der Waals surface area contributed by atoms with Gasteiger partial charge in [-0.15, -0.1) is 0 Å². The Kier molecular flexibility index (Phi) is 12.4. The van der Waals surface area contributed by atoms with E-state index >= 15 is 0 Å². The molecule has 0 bridgehead atoms. The van der Waals surface area contributed by atoms with Crippen molar-refractivity contribution in [2.45, 2.75) is 46.5 Å². The van der Waals surface area contributed by atoms with Gasteiger partial charge in [0.05, 0.1) is 13.2 Å². The molecule has 0 saturated carbocycles. The Balaban J connectivity index is 3.47. The molecule has 0 aromatic rings. The van der Waals surface area contributed by atoms with E-state index in [0.29, 0.717) is 18.6 Å². The smallest absolute Gasteiger partial charge is 0.190 e. The summed E-state index contributed by atoms with van der Waals surface area (Å²) in [4.78, 5) is 4.22. The van der Waals surface area contributed by atoms with Gasteiger partial charge >= 0.3 is 0 Å². The van der Waals surface area contributed by atoms with E-state index in [0.717, 1.165) is 32.1 Å². The van der Waals surface area contributed by atoms with E-state index in [1.165, 1.54) is 19.3 Å². The first-order valence-electron chi connectivity index (χ1n) is 8.01. The summed E-state index contributed by atoms with van der Waals surface area (Å²) in [6.07, 6.45) is 4.66. The zero-order chi connectivity index (χ0) is 16.0. The number of aliphatic imine (C=N–C) groups is 1. The van der Waals surface area contributed by atoms with E-state index in [-0.39, 0.29) is 0 Å². The van der Waals surface area contributed by atoms with Crippen molar-refractivity contribution in [1.29, 1.82) is 0 Å². The van der Waals surface area contributed by atoms with Gasteiger partial charge in [0, 0.05) is 33.9 Å². The number of rotatable bonds is 11. The van der Waals surface area contributed by atoms with Crippen molar-refractivity contribution in [3.8, 4) is 0 Å². The number of nitrogens with one attached hydrogen (secondary N) is 2. The third kappa shape index (κ3) is 15.4. The van der Waals surface area contributed by atoms with E-state index in [9.17, 15) is 0 Å². The Hall–Kier alpha value is -0.810. The molecule has 0 aromatic heterocycles. The second kappa shape index (κ2) is 12.9. The van der Waals surface area contributed by atoms with Crippen LogP contribution in [-0.2, 0) is 9.47 Å². The Morgan fingerprint density at radius 3 is 2.19 bits per heavy atom. The van der Waals surface area contributed by atoms with Crippen LogP contribution in [0.3, 0.4) is 0 Å². The number of ether oxygens (including phenoxy) is 2. The summed E-state index contributed by atoms with van der Waals surface area (Å²) >= 11 is 0. The quantitative estimate of drug-likeness (QED) is 0.350. The molecule has 0 aliphatic heterocycles. The zero-order valence-electron chi connectivity index (χ0n) is 14.6. The Morgan fingerprint density at radius 2 is 1.62 bits per heavy atom. The van der Waals surface area contributed by atoms with Crippen LogP contribution in [0.25, 0.3) is 0 Å². The first kappa shape index (κ1) is 20.2. The monoisotopic (exact) mass is 301 g/mol. The number of hydrogen-bond acceptors (Lipinski definition) is 3. The van der Waals surface area contributed by atoms with E-state index < -0.39 is 0 Å². The standard InChI is InChI=1S/C16H35N3O2/c1-16(2,3)9-6-7-10-18-15(17-4)19-11-8-12-21-14-13-20-5/h6-14H2,1-5H3,(H2,17,18,19). The van der Waals surface area contributed by atoms with Crippen LogP contribution in [0.4, 0.5) is 0 Å². The molecule has 0 radical (unpaired) electrons. The number of hydrogen-bond donors (Lipinski definition) is 2. The summed E-state index contributed by atoms with van der Waals surface area (Å²) < 4.78 is 10.3. The Labute approximate surface area is 130 Å². The molecule has 0 heterocycles. The molecule has 0 spiro atoms. The third-order valence-electron chi connectivity index (χ3n) is 3.06. The maximum Gasteiger partial charge on any atom is 0.190 e. The predicted molar refractivity (Wildman–Crippen MR) is 90.0 cm³/mol. The predicted octanol–water partition coefficient (Wildman–Crippen LogP) is 2.42. The van der Waals surface area contributed by atoms with E-state index in [1.807, 2.05) is 0 Å². The van der Waals surface area contributed by atoms with E-state index in [1.54, 1.807) is 14.2 Å². The van der Waals surface area contributed by atoms with Crippen LogP contribution < -0.4 is 10.6 Å². The van der Waals surface area contributed by atoms with Crippen LogP contribution in [-0.4, -0.2) is 53.0 Å². The molecule has 0 aromatic carbocycles. The number of guanidine groups is 1. The van der Waals surface area contributed by atoms with Crippen molar-refractivity contribution in [3.63, 3.8) is 0 Å². The lowest BCUT2D eigenvalue weighted by molar-refractivity contribution is 0.0698. The number of methoxy groups -OCH3 is 1. The summed E-state index contributed by atoms with van der Waals surface area (Å²) in [5.41, 5.74) is 0.433. The van der Waals surface area contributed by atoms with Crippen LogP contribution in [0.15, 0.2) is 4.99 Å². The van der Waals surface area contributed by atoms with Crippen molar-refractivity contribution >= 4 is 5.96 Å². The molecule has 21 heavy (non-hydrogen) atoms. The largest absolute Gasteiger partial charge is 0.382 e. The summed E-state index contributed by atoms with van der Waals surface area (Å²) in [7, 11) is 3.49. The van der Waals surface area contributed by atoms with Crippen LogP contribution >= 0.6 is 0 Å². The molecular formula is C16H35N3O2.